The molecule has 0 heterocycles. The molecule has 0 spiro atoms. The SMILES string of the molecule is CC[N+](C)(C)CCOC(=O)/C=C\C(=O)OCC[N+](C)(C)CC.[Br-].[Br-]. The maximum absolute atomic E-state index is 11.5. The number of halogens is 2. The van der Waals surface area contributed by atoms with E-state index >= 15 is 0 Å². The standard InChI is InChI=1S/C16H32N2O4.2BrH/c1-7-17(3,4)11-13-21-15(19)9-10-16(20)22-14-12-18(5,6)8-2;;/h9-10H,7-8,11-14H2,1-6H3;2*1H/q+2;;/p-2/b10-9-;;. The van der Waals surface area contributed by atoms with E-state index in [0.717, 1.165) is 47.3 Å². The van der Waals surface area contributed by atoms with Crippen LogP contribution in [0.4, 0.5) is 0 Å². The highest BCUT2D eigenvalue weighted by Crippen LogP contribution is 1.97. The van der Waals surface area contributed by atoms with Gasteiger partial charge in [-0.3, -0.25) is 0 Å². The maximum Gasteiger partial charge on any atom is 0.331 e. The van der Waals surface area contributed by atoms with Gasteiger partial charge in [0.1, 0.15) is 26.3 Å². The van der Waals surface area contributed by atoms with E-state index in [1.165, 1.54) is 0 Å². The molecule has 0 radical (unpaired) electrons. The van der Waals surface area contributed by atoms with Gasteiger partial charge in [-0.05, 0) is 13.8 Å². The zero-order chi connectivity index (χ0) is 17.2. The van der Waals surface area contributed by atoms with Crippen molar-refractivity contribution >= 4 is 11.9 Å². The van der Waals surface area contributed by atoms with Gasteiger partial charge in [-0.25, -0.2) is 9.59 Å². The van der Waals surface area contributed by atoms with Gasteiger partial charge in [-0.2, -0.15) is 0 Å². The molecule has 0 fully saturated rings. The molecule has 0 amide bonds. The smallest absolute Gasteiger partial charge is 0.331 e. The van der Waals surface area contributed by atoms with Crippen LogP contribution in [0.1, 0.15) is 13.8 Å². The van der Waals surface area contributed by atoms with Crippen LogP contribution in [-0.4, -0.2) is 88.5 Å². The summed E-state index contributed by atoms with van der Waals surface area (Å²) in [6, 6.07) is 0. The molecule has 0 bridgehead atoms. The Hall–Kier alpha value is -0.440. The monoisotopic (exact) mass is 474 g/mol. The molecule has 0 rings (SSSR count). The lowest BCUT2D eigenvalue weighted by molar-refractivity contribution is -0.888. The van der Waals surface area contributed by atoms with Crippen LogP contribution in [0.2, 0.25) is 0 Å². The predicted molar refractivity (Wildman–Crippen MR) is 86.1 cm³/mol. The van der Waals surface area contributed by atoms with Gasteiger partial charge >= 0.3 is 11.9 Å². The number of hydrogen-bond acceptors (Lipinski definition) is 4. The topological polar surface area (TPSA) is 52.6 Å². The molecule has 0 aromatic rings. The van der Waals surface area contributed by atoms with Crippen molar-refractivity contribution in [2.75, 3.05) is 67.6 Å². The van der Waals surface area contributed by atoms with E-state index in [-0.39, 0.29) is 34.0 Å². The Morgan fingerprint density at radius 3 is 1.29 bits per heavy atom. The Balaban J connectivity index is -0.00000220. The van der Waals surface area contributed by atoms with Gasteiger partial charge in [0.2, 0.25) is 0 Å². The Morgan fingerprint density at radius 1 is 0.750 bits per heavy atom. The fourth-order valence-electron chi connectivity index (χ4n) is 1.34. The molecular weight excluding hydrogens is 444 g/mol. The van der Waals surface area contributed by atoms with Crippen molar-refractivity contribution in [3.05, 3.63) is 12.2 Å². The highest BCUT2D eigenvalue weighted by Gasteiger charge is 2.13. The number of rotatable bonds is 10. The summed E-state index contributed by atoms with van der Waals surface area (Å²) in [4.78, 5) is 22.9. The molecule has 24 heavy (non-hydrogen) atoms. The molecule has 0 saturated carbocycles. The second-order valence-electron chi connectivity index (χ2n) is 6.62. The third-order valence-electron chi connectivity index (χ3n) is 3.95. The third kappa shape index (κ3) is 15.1. The van der Waals surface area contributed by atoms with Crippen LogP contribution < -0.4 is 34.0 Å². The largest absolute Gasteiger partial charge is 1.00 e. The van der Waals surface area contributed by atoms with Gasteiger partial charge in [-0.15, -0.1) is 0 Å². The van der Waals surface area contributed by atoms with E-state index in [1.807, 2.05) is 0 Å². The first kappa shape index (κ1) is 28.4. The fourth-order valence-corrected chi connectivity index (χ4v) is 1.34. The first-order chi connectivity index (χ1) is 10.1. The zero-order valence-corrected chi connectivity index (χ0v) is 18.9. The van der Waals surface area contributed by atoms with E-state index in [0.29, 0.717) is 13.2 Å². The Labute approximate surface area is 167 Å². The highest BCUT2D eigenvalue weighted by molar-refractivity contribution is 5.91. The highest BCUT2D eigenvalue weighted by atomic mass is 79.9. The van der Waals surface area contributed by atoms with Crippen LogP contribution in [0, 0.1) is 0 Å². The number of quaternary nitrogens is 2. The molecule has 0 aromatic heterocycles. The second kappa shape index (κ2) is 13.8. The summed E-state index contributed by atoms with van der Waals surface area (Å²) >= 11 is 0. The van der Waals surface area contributed by atoms with E-state index in [9.17, 15) is 9.59 Å². The zero-order valence-electron chi connectivity index (χ0n) is 15.7. The van der Waals surface area contributed by atoms with Gasteiger partial charge in [-0.1, -0.05) is 0 Å². The first-order valence-corrected chi connectivity index (χ1v) is 7.77. The molecule has 0 aliphatic rings. The van der Waals surface area contributed by atoms with Crippen LogP contribution in [0.3, 0.4) is 0 Å². The summed E-state index contributed by atoms with van der Waals surface area (Å²) in [6.07, 6.45) is 2.24. The van der Waals surface area contributed by atoms with Crippen molar-refractivity contribution in [3.8, 4) is 0 Å². The number of carbonyl (C=O) groups excluding carboxylic acids is 2. The van der Waals surface area contributed by atoms with Gasteiger partial charge in [0.05, 0.1) is 41.3 Å². The van der Waals surface area contributed by atoms with Crippen LogP contribution in [0.25, 0.3) is 0 Å². The summed E-state index contributed by atoms with van der Waals surface area (Å²) in [5.74, 6) is -1.03. The summed E-state index contributed by atoms with van der Waals surface area (Å²) in [5, 5.41) is 0. The molecule has 8 heteroatoms. The van der Waals surface area contributed by atoms with E-state index in [1.54, 1.807) is 0 Å². The Morgan fingerprint density at radius 2 is 1.04 bits per heavy atom. The molecule has 6 nitrogen and oxygen atoms in total. The number of esters is 2. The molecule has 0 atom stereocenters. The van der Waals surface area contributed by atoms with Crippen molar-refractivity contribution < 1.29 is 62.0 Å². The minimum Gasteiger partial charge on any atom is -1.00 e. The molecule has 0 unspecified atom stereocenters. The molecular formula is C16H32Br2N2O4. The minimum absolute atomic E-state index is 0. The predicted octanol–water partition coefficient (Wildman–Crippen LogP) is -5.17. The quantitative estimate of drug-likeness (QED) is 0.180. The molecule has 0 N–H and O–H groups in total. The minimum atomic E-state index is -0.516. The second-order valence-corrected chi connectivity index (χ2v) is 6.62. The van der Waals surface area contributed by atoms with Crippen molar-refractivity contribution in [1.29, 1.82) is 0 Å². The third-order valence-corrected chi connectivity index (χ3v) is 3.95. The number of carbonyl (C=O) groups is 2. The lowest BCUT2D eigenvalue weighted by atomic mass is 10.4. The van der Waals surface area contributed by atoms with Crippen molar-refractivity contribution in [3.63, 3.8) is 0 Å². The number of nitrogens with zero attached hydrogens (tertiary/aromatic N) is 2. The molecule has 0 aliphatic heterocycles. The summed E-state index contributed by atoms with van der Waals surface area (Å²) in [7, 11) is 8.27. The Bertz CT molecular complexity index is 364. The molecule has 144 valence electrons. The summed E-state index contributed by atoms with van der Waals surface area (Å²) in [6.45, 7) is 8.24. The molecule has 0 saturated heterocycles. The van der Waals surface area contributed by atoms with Crippen molar-refractivity contribution in [1.82, 2.24) is 0 Å². The van der Waals surface area contributed by atoms with Gasteiger partial charge in [0.25, 0.3) is 0 Å². The van der Waals surface area contributed by atoms with Gasteiger partial charge < -0.3 is 52.4 Å². The van der Waals surface area contributed by atoms with E-state index in [4.69, 9.17) is 9.47 Å². The van der Waals surface area contributed by atoms with Crippen LogP contribution in [0.5, 0.6) is 0 Å². The average molecular weight is 476 g/mol. The Kier molecular flexibility index (Phi) is 16.3. The van der Waals surface area contributed by atoms with Crippen LogP contribution in [0.15, 0.2) is 12.2 Å². The van der Waals surface area contributed by atoms with E-state index < -0.39 is 11.9 Å². The fraction of sp³-hybridized carbons (Fsp3) is 0.750. The van der Waals surface area contributed by atoms with Crippen LogP contribution in [-0.2, 0) is 19.1 Å². The molecule has 0 aliphatic carbocycles. The normalized spacial score (nSPS) is 11.4. The lowest BCUT2D eigenvalue weighted by Crippen LogP contribution is -3.00. The number of hydrogen-bond donors (Lipinski definition) is 0. The van der Waals surface area contributed by atoms with Crippen molar-refractivity contribution in [2.45, 2.75) is 13.8 Å². The number of likely N-dealkylation sites (N-methyl/N-ethyl adjacent to an activating group) is 2. The lowest BCUT2D eigenvalue weighted by Gasteiger charge is -2.27. The molecule has 0 aromatic carbocycles. The van der Waals surface area contributed by atoms with Crippen LogP contribution >= 0.6 is 0 Å². The van der Waals surface area contributed by atoms with Gasteiger partial charge in [0, 0.05) is 12.2 Å². The van der Waals surface area contributed by atoms with E-state index in [2.05, 4.69) is 42.0 Å². The first-order valence-electron chi connectivity index (χ1n) is 7.77. The maximum atomic E-state index is 11.5. The average Bonchev–Trinajstić information content (AvgIpc) is 2.45. The number of ether oxygens (including phenoxy) is 2. The van der Waals surface area contributed by atoms with Crippen molar-refractivity contribution in [2.24, 2.45) is 0 Å². The summed E-state index contributed by atoms with van der Waals surface area (Å²) < 4.78 is 11.7. The van der Waals surface area contributed by atoms with Gasteiger partial charge in [0.15, 0.2) is 0 Å². The summed E-state index contributed by atoms with van der Waals surface area (Å²) in [5.41, 5.74) is 0.